The lowest BCUT2D eigenvalue weighted by Gasteiger charge is -2.35. The van der Waals surface area contributed by atoms with Crippen LogP contribution in [0.15, 0.2) is 24.4 Å². The van der Waals surface area contributed by atoms with E-state index in [0.717, 1.165) is 13.1 Å². The highest BCUT2D eigenvalue weighted by atomic mass is 79.9. The van der Waals surface area contributed by atoms with Crippen LogP contribution in [0.2, 0.25) is 0 Å². The Morgan fingerprint density at radius 3 is 2.71 bits per heavy atom. The van der Waals surface area contributed by atoms with E-state index < -0.39 is 4.45 Å². The monoisotopic (exact) mass is 356 g/mol. The van der Waals surface area contributed by atoms with Crippen LogP contribution in [-0.2, 0) is 0 Å². The molecule has 2 N–H and O–H groups in total. The van der Waals surface area contributed by atoms with Crippen LogP contribution >= 0.6 is 15.9 Å². The summed E-state index contributed by atoms with van der Waals surface area (Å²) in [5.74, 6) is 0. The largest absolute Gasteiger partial charge is 0.335 e. The molecule has 1 saturated heterocycles. The van der Waals surface area contributed by atoms with Gasteiger partial charge in [0.25, 0.3) is 0 Å². The summed E-state index contributed by atoms with van der Waals surface area (Å²) >= 11 is 3.56. The number of nitrogens with one attached hydrogen (secondary N) is 2. The molecule has 6 heteroatoms. The fourth-order valence-corrected chi connectivity index (χ4v) is 3.13. The Morgan fingerprint density at radius 2 is 2.10 bits per heavy atom. The molecule has 2 aliphatic rings. The smallest absolute Gasteiger partial charge is 0.333 e. The summed E-state index contributed by atoms with van der Waals surface area (Å²) in [5.41, 5.74) is 3.09. The molecule has 1 fully saturated rings. The van der Waals surface area contributed by atoms with Gasteiger partial charge >= 0.3 is 6.03 Å². The van der Waals surface area contributed by atoms with Crippen LogP contribution in [0.25, 0.3) is 0 Å². The van der Waals surface area contributed by atoms with Gasteiger partial charge in [0.1, 0.15) is 4.45 Å². The van der Waals surface area contributed by atoms with Crippen LogP contribution < -0.4 is 10.7 Å². The lowest BCUT2D eigenvalue weighted by molar-refractivity contribution is 0.169. The van der Waals surface area contributed by atoms with Gasteiger partial charge < -0.3 is 5.32 Å². The molecule has 0 aromatic rings. The topological polar surface area (TPSA) is 47.6 Å². The van der Waals surface area contributed by atoms with Gasteiger partial charge in [-0.25, -0.2) is 10.2 Å². The van der Waals surface area contributed by atoms with Crippen molar-refractivity contribution in [3.05, 3.63) is 24.4 Å². The van der Waals surface area contributed by atoms with Gasteiger partial charge in [0, 0.05) is 24.8 Å². The average molecular weight is 357 g/mol. The van der Waals surface area contributed by atoms with E-state index in [1.54, 1.807) is 5.01 Å². The van der Waals surface area contributed by atoms with Crippen molar-refractivity contribution in [1.29, 1.82) is 0 Å². The van der Waals surface area contributed by atoms with Gasteiger partial charge in [-0.3, -0.25) is 9.91 Å². The molecule has 2 heterocycles. The van der Waals surface area contributed by atoms with Gasteiger partial charge in [0.15, 0.2) is 0 Å². The van der Waals surface area contributed by atoms with E-state index in [1.807, 2.05) is 31.4 Å². The highest BCUT2D eigenvalue weighted by Crippen LogP contribution is 2.27. The van der Waals surface area contributed by atoms with E-state index in [-0.39, 0.29) is 11.6 Å². The number of nitrogens with zero attached hydrogens (tertiary/aromatic N) is 2. The van der Waals surface area contributed by atoms with Crippen LogP contribution in [0.1, 0.15) is 33.6 Å². The zero-order valence-electron chi connectivity index (χ0n) is 13.0. The number of likely N-dealkylation sites (tertiary alicyclic amines) is 1. The van der Waals surface area contributed by atoms with Crippen LogP contribution in [-0.4, -0.2) is 45.6 Å². The third-order valence-corrected chi connectivity index (χ3v) is 4.83. The summed E-state index contributed by atoms with van der Waals surface area (Å²) in [6, 6.07) is -0.183. The van der Waals surface area contributed by atoms with Crippen molar-refractivity contribution >= 4 is 22.0 Å². The summed E-state index contributed by atoms with van der Waals surface area (Å²) in [4.78, 5) is 14.4. The standard InChI is InChI=1S/C15H25BrN4O/c1-14(2)7-6-10-19(14)12-9-17-13(21)18-20-11-5-4-8-15(20,3)16/h4-5,8,11H,6-7,9-10,12H2,1-3H3,(H2,17,18,21). The second kappa shape index (κ2) is 6.40. The third-order valence-electron chi connectivity index (χ3n) is 4.18. The molecule has 1 unspecified atom stereocenters. The maximum absolute atomic E-state index is 12.0. The SMILES string of the molecule is CC1(Br)C=CC=CN1NC(=O)NCCN1CCCC1(C)C. The molecule has 2 aliphatic heterocycles. The first-order valence-electron chi connectivity index (χ1n) is 7.45. The maximum atomic E-state index is 12.0. The van der Waals surface area contributed by atoms with Crippen molar-refractivity contribution in [1.82, 2.24) is 20.7 Å². The first-order valence-corrected chi connectivity index (χ1v) is 8.24. The normalized spacial score (nSPS) is 27.9. The second-order valence-corrected chi connectivity index (χ2v) is 7.97. The predicted molar refractivity (Wildman–Crippen MR) is 88.9 cm³/mol. The van der Waals surface area contributed by atoms with Crippen molar-refractivity contribution in [2.45, 2.75) is 43.6 Å². The summed E-state index contributed by atoms with van der Waals surface area (Å²) in [6.07, 6.45) is 10.1. The summed E-state index contributed by atoms with van der Waals surface area (Å²) in [5, 5.41) is 4.66. The number of hydrogen-bond acceptors (Lipinski definition) is 3. The lowest BCUT2D eigenvalue weighted by Crippen LogP contribution is -2.53. The number of carbonyl (C=O) groups is 1. The van der Waals surface area contributed by atoms with Crippen LogP contribution in [0.5, 0.6) is 0 Å². The molecule has 1 atom stereocenters. The van der Waals surface area contributed by atoms with Crippen LogP contribution in [0.3, 0.4) is 0 Å². The van der Waals surface area contributed by atoms with E-state index in [1.165, 1.54) is 12.8 Å². The minimum absolute atomic E-state index is 0.183. The number of alkyl halides is 1. The van der Waals surface area contributed by atoms with Crippen molar-refractivity contribution < 1.29 is 4.79 Å². The molecule has 118 valence electrons. The molecular weight excluding hydrogens is 332 g/mol. The fraction of sp³-hybridized carbons (Fsp3) is 0.667. The van der Waals surface area contributed by atoms with Gasteiger partial charge in [0.2, 0.25) is 0 Å². The van der Waals surface area contributed by atoms with E-state index in [9.17, 15) is 4.79 Å². The molecule has 0 aromatic heterocycles. The molecule has 2 amide bonds. The Balaban J connectivity index is 1.73. The van der Waals surface area contributed by atoms with Crippen molar-refractivity contribution in [3.8, 4) is 0 Å². The first-order chi connectivity index (χ1) is 9.81. The maximum Gasteiger partial charge on any atom is 0.333 e. The van der Waals surface area contributed by atoms with E-state index in [4.69, 9.17) is 0 Å². The van der Waals surface area contributed by atoms with Crippen molar-refractivity contribution in [2.75, 3.05) is 19.6 Å². The molecule has 2 rings (SSSR count). The first kappa shape index (κ1) is 16.4. The zero-order valence-corrected chi connectivity index (χ0v) is 14.6. The summed E-state index contributed by atoms with van der Waals surface area (Å²) in [7, 11) is 0. The number of amides is 2. The Hall–Kier alpha value is -1.01. The van der Waals surface area contributed by atoms with Crippen molar-refractivity contribution in [3.63, 3.8) is 0 Å². The zero-order chi connectivity index (χ0) is 15.5. The molecule has 5 nitrogen and oxygen atoms in total. The van der Waals surface area contributed by atoms with Gasteiger partial charge in [-0.15, -0.1) is 0 Å². The number of carbonyl (C=O) groups excluding carboxylic acids is 1. The molecule has 0 radical (unpaired) electrons. The van der Waals surface area contributed by atoms with E-state index in [0.29, 0.717) is 6.54 Å². The summed E-state index contributed by atoms with van der Waals surface area (Å²) in [6.45, 7) is 9.17. The minimum atomic E-state index is -0.393. The van der Waals surface area contributed by atoms with E-state index >= 15 is 0 Å². The number of halogens is 1. The van der Waals surface area contributed by atoms with Crippen LogP contribution in [0.4, 0.5) is 4.79 Å². The van der Waals surface area contributed by atoms with Crippen molar-refractivity contribution in [2.24, 2.45) is 0 Å². The summed E-state index contributed by atoms with van der Waals surface area (Å²) < 4.78 is -0.393. The van der Waals surface area contributed by atoms with Gasteiger partial charge in [-0.05, 0) is 52.3 Å². The molecule has 0 aliphatic carbocycles. The Bertz CT molecular complexity index is 445. The van der Waals surface area contributed by atoms with Gasteiger partial charge in [0.05, 0.1) is 0 Å². The Labute approximate surface area is 135 Å². The van der Waals surface area contributed by atoms with E-state index in [2.05, 4.69) is 45.4 Å². The van der Waals surface area contributed by atoms with Crippen LogP contribution in [0, 0.1) is 0 Å². The number of hydrazine groups is 1. The Kier molecular flexibility index (Phi) is 4.99. The minimum Gasteiger partial charge on any atom is -0.335 e. The third kappa shape index (κ3) is 4.23. The number of hydrogen-bond donors (Lipinski definition) is 2. The fourth-order valence-electron chi connectivity index (χ4n) is 2.77. The molecule has 0 aromatic carbocycles. The number of allylic oxidation sites excluding steroid dienone is 2. The second-order valence-electron chi connectivity index (χ2n) is 6.37. The molecular formula is C15H25BrN4O. The highest BCUT2D eigenvalue weighted by Gasteiger charge is 2.31. The molecule has 0 saturated carbocycles. The average Bonchev–Trinajstić information content (AvgIpc) is 2.71. The Morgan fingerprint density at radius 1 is 1.33 bits per heavy atom. The molecule has 21 heavy (non-hydrogen) atoms. The number of urea groups is 1. The number of rotatable bonds is 4. The quantitative estimate of drug-likeness (QED) is 0.601. The lowest BCUT2D eigenvalue weighted by atomic mass is 10.0. The molecule has 0 bridgehead atoms. The van der Waals surface area contributed by atoms with Gasteiger partial charge in [-0.1, -0.05) is 22.0 Å². The molecule has 0 spiro atoms. The van der Waals surface area contributed by atoms with Gasteiger partial charge in [-0.2, -0.15) is 0 Å². The highest BCUT2D eigenvalue weighted by molar-refractivity contribution is 9.10. The predicted octanol–water partition coefficient (Wildman–Crippen LogP) is 2.57.